The molecule has 0 radical (unpaired) electrons. The first-order valence-electron chi connectivity index (χ1n) is 7.85. The van der Waals surface area contributed by atoms with E-state index in [4.69, 9.17) is 0 Å². The zero-order valence-corrected chi connectivity index (χ0v) is 13.6. The first-order valence-corrected chi connectivity index (χ1v) is 8.73. The van der Waals surface area contributed by atoms with Gasteiger partial charge in [0.2, 0.25) is 5.91 Å². The lowest BCUT2D eigenvalue weighted by Gasteiger charge is -2.28. The Hall–Kier alpha value is -1.66. The molecule has 0 aromatic carbocycles. The lowest BCUT2D eigenvalue weighted by Crippen LogP contribution is -2.46. The van der Waals surface area contributed by atoms with Crippen molar-refractivity contribution in [2.24, 2.45) is 0 Å². The molecule has 5 nitrogen and oxygen atoms in total. The van der Waals surface area contributed by atoms with Gasteiger partial charge in [-0.15, -0.1) is 11.3 Å². The second-order valence-electron chi connectivity index (χ2n) is 5.60. The van der Waals surface area contributed by atoms with Crippen LogP contribution in [0.3, 0.4) is 0 Å². The molecule has 2 N–H and O–H groups in total. The normalized spacial score (nSPS) is 18.7. The van der Waals surface area contributed by atoms with E-state index in [-0.39, 0.29) is 18.0 Å². The van der Waals surface area contributed by atoms with Crippen LogP contribution in [0.2, 0.25) is 0 Å². The number of aromatic nitrogens is 2. The molecule has 0 fully saturated rings. The Balaban J connectivity index is 1.59. The number of rotatable bonds is 6. The van der Waals surface area contributed by atoms with E-state index in [0.29, 0.717) is 6.54 Å². The van der Waals surface area contributed by atoms with Gasteiger partial charge in [-0.2, -0.15) is 0 Å². The van der Waals surface area contributed by atoms with Gasteiger partial charge in [-0.1, -0.05) is 13.0 Å². The van der Waals surface area contributed by atoms with E-state index in [1.54, 1.807) is 11.3 Å². The van der Waals surface area contributed by atoms with Crippen LogP contribution in [0.15, 0.2) is 29.9 Å². The minimum atomic E-state index is -0.173. The van der Waals surface area contributed by atoms with Crippen molar-refractivity contribution in [2.45, 2.75) is 51.4 Å². The minimum absolute atomic E-state index is 0.0691. The molecule has 2 atom stereocenters. The van der Waals surface area contributed by atoms with Gasteiger partial charge in [0.05, 0.1) is 18.6 Å². The van der Waals surface area contributed by atoms with Crippen LogP contribution in [0, 0.1) is 0 Å². The summed E-state index contributed by atoms with van der Waals surface area (Å²) in [5.41, 5.74) is 0. The first-order chi connectivity index (χ1) is 10.8. The number of nitrogens with zero attached hydrogens (tertiary/aromatic N) is 2. The predicted molar refractivity (Wildman–Crippen MR) is 87.6 cm³/mol. The molecular formula is C16H22N4OS. The number of imidazole rings is 1. The molecule has 6 heteroatoms. The zero-order chi connectivity index (χ0) is 15.4. The van der Waals surface area contributed by atoms with Crippen LogP contribution >= 0.6 is 11.3 Å². The Morgan fingerprint density at radius 3 is 3.27 bits per heavy atom. The maximum atomic E-state index is 12.4. The van der Waals surface area contributed by atoms with Gasteiger partial charge in [-0.3, -0.25) is 10.1 Å². The summed E-state index contributed by atoms with van der Waals surface area (Å²) >= 11 is 1.66. The number of fused-ring (bicyclic) bond motifs is 1. The molecule has 118 valence electrons. The fourth-order valence-electron chi connectivity index (χ4n) is 2.91. The van der Waals surface area contributed by atoms with Crippen molar-refractivity contribution in [3.8, 4) is 0 Å². The Kier molecular flexibility index (Phi) is 4.90. The SMILES string of the molecule is CCC(NC1CCCn2ccnc21)C(=O)NCc1cccs1. The van der Waals surface area contributed by atoms with Crippen LogP contribution in [-0.4, -0.2) is 21.5 Å². The van der Waals surface area contributed by atoms with E-state index in [1.165, 1.54) is 4.88 Å². The number of amides is 1. The van der Waals surface area contributed by atoms with Gasteiger partial charge in [0.25, 0.3) is 0 Å². The highest BCUT2D eigenvalue weighted by Crippen LogP contribution is 2.24. The van der Waals surface area contributed by atoms with Crippen molar-refractivity contribution in [3.63, 3.8) is 0 Å². The maximum absolute atomic E-state index is 12.4. The number of aryl methyl sites for hydroxylation is 1. The molecule has 22 heavy (non-hydrogen) atoms. The molecule has 1 amide bonds. The third-order valence-corrected chi connectivity index (χ3v) is 4.97. The van der Waals surface area contributed by atoms with E-state index >= 15 is 0 Å². The molecule has 0 saturated carbocycles. The van der Waals surface area contributed by atoms with Crippen molar-refractivity contribution >= 4 is 17.2 Å². The van der Waals surface area contributed by atoms with Gasteiger partial charge in [-0.05, 0) is 30.7 Å². The smallest absolute Gasteiger partial charge is 0.237 e. The summed E-state index contributed by atoms with van der Waals surface area (Å²) in [7, 11) is 0. The summed E-state index contributed by atoms with van der Waals surface area (Å²) in [5, 5.41) is 8.54. The molecule has 2 aromatic rings. The van der Waals surface area contributed by atoms with E-state index < -0.39 is 0 Å². The van der Waals surface area contributed by atoms with Gasteiger partial charge in [0, 0.05) is 23.8 Å². The Bertz CT molecular complexity index is 607. The van der Waals surface area contributed by atoms with E-state index in [9.17, 15) is 4.79 Å². The highest BCUT2D eigenvalue weighted by Gasteiger charge is 2.26. The summed E-state index contributed by atoms with van der Waals surface area (Å²) in [6.45, 7) is 3.67. The van der Waals surface area contributed by atoms with E-state index in [2.05, 4.69) is 20.2 Å². The molecule has 0 aliphatic carbocycles. The third-order valence-electron chi connectivity index (χ3n) is 4.10. The van der Waals surface area contributed by atoms with Gasteiger partial charge < -0.3 is 9.88 Å². The first kappa shape index (κ1) is 15.2. The number of thiophene rings is 1. The standard InChI is InChI=1S/C16H22N4OS/c1-2-13(16(21)18-11-12-5-4-10-22-12)19-14-6-3-8-20-9-7-17-15(14)20/h4-5,7,9-10,13-14,19H,2-3,6,8,11H2,1H3,(H,18,21). The summed E-state index contributed by atoms with van der Waals surface area (Å²) < 4.78 is 2.18. The number of hydrogen-bond donors (Lipinski definition) is 2. The molecule has 0 saturated heterocycles. The zero-order valence-electron chi connectivity index (χ0n) is 12.8. The molecule has 0 bridgehead atoms. The van der Waals surface area contributed by atoms with Crippen LogP contribution in [-0.2, 0) is 17.9 Å². The van der Waals surface area contributed by atoms with Crippen molar-refractivity contribution < 1.29 is 4.79 Å². The van der Waals surface area contributed by atoms with Crippen molar-refractivity contribution in [3.05, 3.63) is 40.6 Å². The van der Waals surface area contributed by atoms with Crippen molar-refractivity contribution in [1.82, 2.24) is 20.2 Å². The van der Waals surface area contributed by atoms with E-state index in [0.717, 1.165) is 31.6 Å². The molecule has 2 aromatic heterocycles. The molecule has 2 unspecified atom stereocenters. The van der Waals surface area contributed by atoms with Crippen molar-refractivity contribution in [2.75, 3.05) is 0 Å². The Morgan fingerprint density at radius 2 is 2.50 bits per heavy atom. The molecule has 3 rings (SSSR count). The summed E-state index contributed by atoms with van der Waals surface area (Å²) in [6, 6.07) is 4.04. The molecule has 0 spiro atoms. The quantitative estimate of drug-likeness (QED) is 0.860. The summed E-state index contributed by atoms with van der Waals surface area (Å²) in [6.07, 6.45) is 6.78. The topological polar surface area (TPSA) is 59.0 Å². The fourth-order valence-corrected chi connectivity index (χ4v) is 3.55. The molecule has 1 aliphatic heterocycles. The van der Waals surface area contributed by atoms with Crippen LogP contribution in [0.1, 0.15) is 42.9 Å². The number of carbonyl (C=O) groups is 1. The second kappa shape index (κ2) is 7.07. The van der Waals surface area contributed by atoms with Gasteiger partial charge in [0.1, 0.15) is 5.82 Å². The minimum Gasteiger partial charge on any atom is -0.350 e. The fraction of sp³-hybridized carbons (Fsp3) is 0.500. The number of carbonyl (C=O) groups excluding carboxylic acids is 1. The van der Waals surface area contributed by atoms with E-state index in [1.807, 2.05) is 36.8 Å². The summed E-state index contributed by atoms with van der Waals surface area (Å²) in [5.74, 6) is 1.12. The molecule has 1 aliphatic rings. The molecule has 3 heterocycles. The lowest BCUT2D eigenvalue weighted by atomic mass is 10.0. The Morgan fingerprint density at radius 1 is 1.59 bits per heavy atom. The Labute approximate surface area is 134 Å². The maximum Gasteiger partial charge on any atom is 0.237 e. The van der Waals surface area contributed by atoms with Crippen LogP contribution in [0.25, 0.3) is 0 Å². The molecular weight excluding hydrogens is 296 g/mol. The highest BCUT2D eigenvalue weighted by molar-refractivity contribution is 7.09. The largest absolute Gasteiger partial charge is 0.350 e. The third kappa shape index (κ3) is 3.39. The van der Waals surface area contributed by atoms with Crippen LogP contribution in [0.4, 0.5) is 0 Å². The van der Waals surface area contributed by atoms with Gasteiger partial charge in [-0.25, -0.2) is 4.98 Å². The van der Waals surface area contributed by atoms with Gasteiger partial charge in [0.15, 0.2) is 0 Å². The predicted octanol–water partition coefficient (Wildman–Crippen LogP) is 2.46. The number of nitrogens with one attached hydrogen (secondary N) is 2. The van der Waals surface area contributed by atoms with Crippen molar-refractivity contribution in [1.29, 1.82) is 0 Å². The highest BCUT2D eigenvalue weighted by atomic mass is 32.1. The average Bonchev–Trinajstić information content (AvgIpc) is 3.21. The van der Waals surface area contributed by atoms with Crippen LogP contribution < -0.4 is 10.6 Å². The second-order valence-corrected chi connectivity index (χ2v) is 6.63. The number of hydrogen-bond acceptors (Lipinski definition) is 4. The van der Waals surface area contributed by atoms with Crippen LogP contribution in [0.5, 0.6) is 0 Å². The lowest BCUT2D eigenvalue weighted by molar-refractivity contribution is -0.123. The van der Waals surface area contributed by atoms with Gasteiger partial charge >= 0.3 is 0 Å². The average molecular weight is 318 g/mol. The summed E-state index contributed by atoms with van der Waals surface area (Å²) in [4.78, 5) is 18.0. The monoisotopic (exact) mass is 318 g/mol.